The molecule has 12 heavy (non-hydrogen) atoms. The van der Waals surface area contributed by atoms with Crippen LogP contribution in [0, 0.1) is 0 Å². The highest BCUT2D eigenvalue weighted by Gasteiger charge is 2.16. The van der Waals surface area contributed by atoms with Crippen molar-refractivity contribution in [1.82, 2.24) is 4.73 Å². The lowest BCUT2D eigenvalue weighted by atomic mass is 10.8. The minimum atomic E-state index is 0.634. The zero-order chi connectivity index (χ0) is 8.97. The SMILES string of the molecule is CCOc1n(OCC)cc[n+]1C. The Labute approximate surface area is 72.3 Å². The summed E-state index contributed by atoms with van der Waals surface area (Å²) in [5, 5.41) is 0. The molecule has 1 aromatic heterocycles. The molecule has 0 spiro atoms. The Balaban J connectivity index is 2.80. The maximum atomic E-state index is 5.36. The van der Waals surface area contributed by atoms with Crippen LogP contribution < -0.4 is 14.1 Å². The van der Waals surface area contributed by atoms with Crippen LogP contribution >= 0.6 is 0 Å². The van der Waals surface area contributed by atoms with Crippen LogP contribution in [-0.4, -0.2) is 17.9 Å². The van der Waals surface area contributed by atoms with Crippen molar-refractivity contribution in [1.29, 1.82) is 0 Å². The standard InChI is InChI=1S/C8H15N2O2/c1-4-11-8-9(3)6-7-10(8)12-5-2/h6-7H,4-5H2,1-3H3/q+1. The van der Waals surface area contributed by atoms with E-state index >= 15 is 0 Å². The minimum absolute atomic E-state index is 0.634. The molecular weight excluding hydrogens is 156 g/mol. The molecule has 0 bridgehead atoms. The summed E-state index contributed by atoms with van der Waals surface area (Å²) in [6, 6.07) is 0.722. The van der Waals surface area contributed by atoms with E-state index in [1.54, 1.807) is 4.73 Å². The van der Waals surface area contributed by atoms with E-state index in [9.17, 15) is 0 Å². The highest BCUT2D eigenvalue weighted by molar-refractivity contribution is 4.85. The second-order valence-electron chi connectivity index (χ2n) is 2.37. The summed E-state index contributed by atoms with van der Waals surface area (Å²) in [4.78, 5) is 5.28. The Kier molecular flexibility index (Phi) is 2.96. The lowest BCUT2D eigenvalue weighted by Gasteiger charge is -2.00. The molecule has 0 amide bonds. The molecule has 4 heteroatoms. The molecule has 68 valence electrons. The molecule has 0 fully saturated rings. The number of hydrogen-bond donors (Lipinski definition) is 0. The molecule has 0 unspecified atom stereocenters. The summed E-state index contributed by atoms with van der Waals surface area (Å²) in [7, 11) is 1.92. The molecule has 0 saturated heterocycles. The average molecular weight is 171 g/mol. The first-order valence-electron chi connectivity index (χ1n) is 4.12. The summed E-state index contributed by atoms with van der Waals surface area (Å²) in [5.74, 6) is 0. The Morgan fingerprint density at radius 1 is 1.42 bits per heavy atom. The van der Waals surface area contributed by atoms with Gasteiger partial charge in [-0.2, -0.15) is 4.57 Å². The van der Waals surface area contributed by atoms with Crippen molar-refractivity contribution in [2.24, 2.45) is 7.05 Å². The number of ether oxygens (including phenoxy) is 1. The first-order valence-corrected chi connectivity index (χ1v) is 4.12. The van der Waals surface area contributed by atoms with Crippen molar-refractivity contribution in [3.8, 4) is 6.01 Å². The topological polar surface area (TPSA) is 27.3 Å². The zero-order valence-electron chi connectivity index (χ0n) is 7.78. The molecule has 0 saturated carbocycles. The Morgan fingerprint density at radius 3 is 2.75 bits per heavy atom. The number of imidazole rings is 1. The van der Waals surface area contributed by atoms with Crippen LogP contribution in [0.15, 0.2) is 12.4 Å². The van der Waals surface area contributed by atoms with Crippen LogP contribution in [-0.2, 0) is 7.05 Å². The van der Waals surface area contributed by atoms with Crippen molar-refractivity contribution in [3.63, 3.8) is 0 Å². The molecule has 1 rings (SSSR count). The highest BCUT2D eigenvalue weighted by Crippen LogP contribution is 2.01. The van der Waals surface area contributed by atoms with Crippen molar-refractivity contribution in [3.05, 3.63) is 12.4 Å². The van der Waals surface area contributed by atoms with Gasteiger partial charge in [0.1, 0.15) is 12.8 Å². The summed E-state index contributed by atoms with van der Waals surface area (Å²) >= 11 is 0. The maximum absolute atomic E-state index is 5.36. The molecule has 0 aliphatic rings. The normalized spacial score (nSPS) is 9.92. The monoisotopic (exact) mass is 171 g/mol. The van der Waals surface area contributed by atoms with Gasteiger partial charge in [-0.15, -0.1) is 0 Å². The fourth-order valence-corrected chi connectivity index (χ4v) is 0.975. The second-order valence-corrected chi connectivity index (χ2v) is 2.37. The molecule has 0 radical (unpaired) electrons. The van der Waals surface area contributed by atoms with Gasteiger partial charge in [0.15, 0.2) is 6.20 Å². The number of aryl methyl sites for hydroxylation is 1. The molecule has 1 aromatic rings. The van der Waals surface area contributed by atoms with Crippen molar-refractivity contribution >= 4 is 0 Å². The van der Waals surface area contributed by atoms with Crippen LogP contribution in [0.1, 0.15) is 13.8 Å². The van der Waals surface area contributed by atoms with Crippen LogP contribution in [0.4, 0.5) is 0 Å². The fraction of sp³-hybridized carbons (Fsp3) is 0.625. The van der Waals surface area contributed by atoms with E-state index < -0.39 is 0 Å². The molecule has 0 atom stereocenters. The molecule has 4 nitrogen and oxygen atoms in total. The van der Waals surface area contributed by atoms with Crippen molar-refractivity contribution < 1.29 is 14.1 Å². The largest absolute Gasteiger partial charge is 0.495 e. The Morgan fingerprint density at radius 2 is 2.17 bits per heavy atom. The van der Waals surface area contributed by atoms with E-state index in [0.717, 1.165) is 6.01 Å². The van der Waals surface area contributed by atoms with Gasteiger partial charge in [0.05, 0.1) is 13.7 Å². The summed E-state index contributed by atoms with van der Waals surface area (Å²) in [5.41, 5.74) is 0. The van der Waals surface area contributed by atoms with Gasteiger partial charge < -0.3 is 9.57 Å². The third kappa shape index (κ3) is 1.69. The third-order valence-corrected chi connectivity index (χ3v) is 1.46. The Hall–Kier alpha value is -1.19. The van der Waals surface area contributed by atoms with Crippen LogP contribution in [0.2, 0.25) is 0 Å². The maximum Gasteiger partial charge on any atom is 0.495 e. The first kappa shape index (κ1) is 8.90. The van der Waals surface area contributed by atoms with Gasteiger partial charge in [0.2, 0.25) is 0 Å². The minimum Gasteiger partial charge on any atom is -0.429 e. The van der Waals surface area contributed by atoms with Crippen LogP contribution in [0.3, 0.4) is 0 Å². The first-order chi connectivity index (χ1) is 5.79. The number of hydrogen-bond acceptors (Lipinski definition) is 2. The predicted octanol–water partition coefficient (Wildman–Crippen LogP) is 0.160. The van der Waals surface area contributed by atoms with Gasteiger partial charge in [-0.05, 0) is 18.6 Å². The number of aromatic nitrogens is 2. The smallest absolute Gasteiger partial charge is 0.429 e. The van der Waals surface area contributed by atoms with Crippen LogP contribution in [0.5, 0.6) is 6.01 Å². The van der Waals surface area contributed by atoms with Crippen LogP contribution in [0.25, 0.3) is 0 Å². The summed E-state index contributed by atoms with van der Waals surface area (Å²) in [6.45, 7) is 5.17. The van der Waals surface area contributed by atoms with E-state index in [1.165, 1.54) is 0 Å². The zero-order valence-corrected chi connectivity index (χ0v) is 7.78. The second kappa shape index (κ2) is 3.99. The highest BCUT2D eigenvalue weighted by atomic mass is 16.7. The van der Waals surface area contributed by atoms with Gasteiger partial charge in [0, 0.05) is 0 Å². The van der Waals surface area contributed by atoms with E-state index in [2.05, 4.69) is 0 Å². The van der Waals surface area contributed by atoms with E-state index in [0.29, 0.717) is 13.2 Å². The van der Waals surface area contributed by atoms with Crippen molar-refractivity contribution in [2.75, 3.05) is 13.2 Å². The lowest BCUT2D eigenvalue weighted by Crippen LogP contribution is -2.30. The lowest BCUT2D eigenvalue weighted by molar-refractivity contribution is -0.677. The van der Waals surface area contributed by atoms with E-state index in [4.69, 9.17) is 9.57 Å². The third-order valence-electron chi connectivity index (χ3n) is 1.46. The van der Waals surface area contributed by atoms with E-state index in [-0.39, 0.29) is 0 Å². The fourth-order valence-electron chi connectivity index (χ4n) is 0.975. The molecule has 0 aromatic carbocycles. The Bertz CT molecular complexity index is 245. The van der Waals surface area contributed by atoms with Gasteiger partial charge in [-0.3, -0.25) is 0 Å². The summed E-state index contributed by atoms with van der Waals surface area (Å²) < 4.78 is 8.86. The van der Waals surface area contributed by atoms with Gasteiger partial charge in [-0.25, -0.2) is 0 Å². The van der Waals surface area contributed by atoms with E-state index in [1.807, 2.05) is 37.9 Å². The van der Waals surface area contributed by atoms with Gasteiger partial charge >= 0.3 is 6.01 Å². The number of nitrogens with zero attached hydrogens (tertiary/aromatic N) is 2. The molecular formula is C8H15N2O2+. The molecule has 1 heterocycles. The molecule has 0 aliphatic carbocycles. The molecule has 0 N–H and O–H groups in total. The van der Waals surface area contributed by atoms with Gasteiger partial charge in [-0.1, -0.05) is 0 Å². The average Bonchev–Trinajstić information content (AvgIpc) is 2.37. The number of rotatable bonds is 4. The summed E-state index contributed by atoms with van der Waals surface area (Å²) in [6.07, 6.45) is 3.72. The quantitative estimate of drug-likeness (QED) is 0.603. The predicted molar refractivity (Wildman–Crippen MR) is 43.9 cm³/mol. The molecule has 0 aliphatic heterocycles. The van der Waals surface area contributed by atoms with Crippen molar-refractivity contribution in [2.45, 2.75) is 13.8 Å². The van der Waals surface area contributed by atoms with Gasteiger partial charge in [0.25, 0.3) is 0 Å².